The maximum atomic E-state index is 11.3. The molecule has 0 aliphatic carbocycles. The Hall–Kier alpha value is -0.840. The third-order valence-corrected chi connectivity index (χ3v) is 2.64. The Morgan fingerprint density at radius 1 is 1.46 bits per heavy atom. The zero-order valence-electron chi connectivity index (χ0n) is 7.30. The summed E-state index contributed by atoms with van der Waals surface area (Å²) >= 11 is 2.18. The van der Waals surface area contributed by atoms with Crippen LogP contribution in [0.25, 0.3) is 5.57 Å². The van der Waals surface area contributed by atoms with Crippen molar-refractivity contribution in [3.05, 3.63) is 40.0 Å². The number of rotatable bonds is 2. The Balaban J connectivity index is 3.02. The molecule has 3 heteroatoms. The molecule has 1 amide bonds. The number of benzene rings is 1. The molecule has 1 aromatic carbocycles. The molecule has 0 heterocycles. The van der Waals surface area contributed by atoms with Crippen molar-refractivity contribution in [2.45, 2.75) is 0 Å². The molecule has 2 nitrogen and oxygen atoms in total. The highest BCUT2D eigenvalue weighted by Gasteiger charge is 2.09. The van der Waals surface area contributed by atoms with E-state index in [1.165, 1.54) is 0 Å². The summed E-state index contributed by atoms with van der Waals surface area (Å²) in [7, 11) is 1.60. The van der Waals surface area contributed by atoms with Gasteiger partial charge in [-0.3, -0.25) is 4.79 Å². The molecule has 0 spiro atoms. The van der Waals surface area contributed by atoms with Crippen molar-refractivity contribution in [2.75, 3.05) is 7.05 Å². The van der Waals surface area contributed by atoms with Gasteiger partial charge in [0.2, 0.25) is 0 Å². The Morgan fingerprint density at radius 3 is 2.62 bits per heavy atom. The number of nitrogens with one attached hydrogen (secondary N) is 1. The minimum Gasteiger partial charge on any atom is -0.355 e. The Labute approximate surface area is 91.2 Å². The van der Waals surface area contributed by atoms with Crippen molar-refractivity contribution < 1.29 is 4.79 Å². The molecule has 1 N–H and O–H groups in total. The lowest BCUT2D eigenvalue weighted by Crippen LogP contribution is -2.18. The molecule has 1 rings (SSSR count). The zero-order chi connectivity index (χ0) is 9.84. The molecular weight excluding hydrogens is 277 g/mol. The normalized spacial score (nSPS) is 9.38. The van der Waals surface area contributed by atoms with Crippen LogP contribution in [-0.2, 0) is 4.79 Å². The van der Waals surface area contributed by atoms with Gasteiger partial charge in [0, 0.05) is 16.2 Å². The quantitative estimate of drug-likeness (QED) is 0.654. The van der Waals surface area contributed by atoms with Crippen molar-refractivity contribution in [3.8, 4) is 0 Å². The zero-order valence-corrected chi connectivity index (χ0v) is 9.46. The van der Waals surface area contributed by atoms with E-state index < -0.39 is 0 Å². The van der Waals surface area contributed by atoms with Crippen LogP contribution in [0, 0.1) is 3.57 Å². The van der Waals surface area contributed by atoms with Gasteiger partial charge in [0.25, 0.3) is 5.91 Å². The van der Waals surface area contributed by atoms with Crippen LogP contribution in [0.4, 0.5) is 0 Å². The first kappa shape index (κ1) is 10.2. The number of likely N-dealkylation sites (N-methyl/N-ethyl adjacent to an activating group) is 1. The second-order valence-electron chi connectivity index (χ2n) is 2.54. The monoisotopic (exact) mass is 287 g/mol. The average molecular weight is 287 g/mol. The summed E-state index contributed by atoms with van der Waals surface area (Å²) in [6, 6.07) is 7.66. The van der Waals surface area contributed by atoms with Crippen LogP contribution in [0.15, 0.2) is 30.8 Å². The molecule has 0 atom stereocenters. The van der Waals surface area contributed by atoms with Gasteiger partial charge in [-0.15, -0.1) is 0 Å². The molecule has 0 bridgehead atoms. The van der Waals surface area contributed by atoms with E-state index >= 15 is 0 Å². The van der Waals surface area contributed by atoms with Gasteiger partial charge in [0.1, 0.15) is 0 Å². The fourth-order valence-corrected chi connectivity index (χ4v) is 1.69. The summed E-state index contributed by atoms with van der Waals surface area (Å²) in [6.45, 7) is 3.74. The van der Waals surface area contributed by atoms with Crippen LogP contribution in [0.1, 0.15) is 5.56 Å². The molecule has 1 aromatic rings. The average Bonchev–Trinajstić information content (AvgIpc) is 2.16. The van der Waals surface area contributed by atoms with Crippen molar-refractivity contribution in [3.63, 3.8) is 0 Å². The molecule has 0 unspecified atom stereocenters. The lowest BCUT2D eigenvalue weighted by Gasteiger charge is -2.05. The number of carbonyl (C=O) groups excluding carboxylic acids is 1. The highest BCUT2D eigenvalue weighted by Crippen LogP contribution is 2.19. The number of carbonyl (C=O) groups is 1. The van der Waals surface area contributed by atoms with E-state index in [9.17, 15) is 4.79 Å². The van der Waals surface area contributed by atoms with Crippen molar-refractivity contribution in [1.82, 2.24) is 5.32 Å². The van der Waals surface area contributed by atoms with E-state index in [2.05, 4.69) is 34.5 Å². The summed E-state index contributed by atoms with van der Waals surface area (Å²) in [6.07, 6.45) is 0. The maximum absolute atomic E-state index is 11.3. The van der Waals surface area contributed by atoms with Crippen LogP contribution < -0.4 is 5.32 Å². The fourth-order valence-electron chi connectivity index (χ4n) is 0.979. The summed E-state index contributed by atoms with van der Waals surface area (Å²) in [4.78, 5) is 11.3. The van der Waals surface area contributed by atoms with Gasteiger partial charge >= 0.3 is 0 Å². The molecule has 0 aliphatic rings. The van der Waals surface area contributed by atoms with Gasteiger partial charge in [-0.2, -0.15) is 0 Å². The number of hydrogen-bond donors (Lipinski definition) is 1. The maximum Gasteiger partial charge on any atom is 0.251 e. The summed E-state index contributed by atoms with van der Waals surface area (Å²) in [5.41, 5.74) is 1.40. The van der Waals surface area contributed by atoms with Crippen LogP contribution >= 0.6 is 22.6 Å². The molecule has 13 heavy (non-hydrogen) atoms. The molecule has 0 aliphatic heterocycles. The van der Waals surface area contributed by atoms with E-state index in [-0.39, 0.29) is 5.91 Å². The number of amides is 1. The van der Waals surface area contributed by atoms with Gasteiger partial charge in [-0.1, -0.05) is 24.8 Å². The van der Waals surface area contributed by atoms with E-state index in [1.54, 1.807) is 7.05 Å². The minimum absolute atomic E-state index is 0.135. The second kappa shape index (κ2) is 4.41. The fraction of sp³-hybridized carbons (Fsp3) is 0.100. The van der Waals surface area contributed by atoms with E-state index in [0.29, 0.717) is 5.57 Å². The van der Waals surface area contributed by atoms with Crippen molar-refractivity contribution in [2.24, 2.45) is 0 Å². The molecule has 68 valence electrons. The first-order valence-electron chi connectivity index (χ1n) is 3.82. The van der Waals surface area contributed by atoms with Gasteiger partial charge in [-0.25, -0.2) is 0 Å². The predicted molar refractivity (Wildman–Crippen MR) is 62.3 cm³/mol. The van der Waals surface area contributed by atoms with E-state index in [1.807, 2.05) is 24.3 Å². The van der Waals surface area contributed by atoms with Crippen LogP contribution in [0.3, 0.4) is 0 Å². The smallest absolute Gasteiger partial charge is 0.251 e. The third-order valence-electron chi connectivity index (χ3n) is 1.70. The minimum atomic E-state index is -0.135. The second-order valence-corrected chi connectivity index (χ2v) is 3.70. The topological polar surface area (TPSA) is 29.1 Å². The Bertz CT molecular complexity index is 347. The number of halogens is 1. The lowest BCUT2D eigenvalue weighted by atomic mass is 10.1. The van der Waals surface area contributed by atoms with Gasteiger partial charge < -0.3 is 5.32 Å². The highest BCUT2D eigenvalue weighted by atomic mass is 127. The standard InChI is InChI=1S/C10H10INO/c1-7(10(13)12-2)8-5-3-4-6-9(8)11/h3-6H,1H2,2H3,(H,12,13). The van der Waals surface area contributed by atoms with Crippen LogP contribution in [0.2, 0.25) is 0 Å². The molecule has 0 saturated carbocycles. The van der Waals surface area contributed by atoms with E-state index in [4.69, 9.17) is 0 Å². The summed E-state index contributed by atoms with van der Waals surface area (Å²) in [5, 5.41) is 2.55. The SMILES string of the molecule is C=C(C(=O)NC)c1ccccc1I. The molecular formula is C10H10INO. The largest absolute Gasteiger partial charge is 0.355 e. The predicted octanol–water partition coefficient (Wildman–Crippen LogP) is 2.05. The first-order valence-corrected chi connectivity index (χ1v) is 4.90. The van der Waals surface area contributed by atoms with Crippen molar-refractivity contribution in [1.29, 1.82) is 0 Å². The first-order chi connectivity index (χ1) is 6.16. The van der Waals surface area contributed by atoms with E-state index in [0.717, 1.165) is 9.13 Å². The third kappa shape index (κ3) is 2.30. The molecule has 0 fully saturated rings. The lowest BCUT2D eigenvalue weighted by molar-refractivity contribution is -0.115. The Kier molecular flexibility index (Phi) is 3.48. The Morgan fingerprint density at radius 2 is 2.08 bits per heavy atom. The van der Waals surface area contributed by atoms with Gasteiger partial charge in [0.05, 0.1) is 0 Å². The van der Waals surface area contributed by atoms with Crippen LogP contribution in [0.5, 0.6) is 0 Å². The molecule has 0 saturated heterocycles. The highest BCUT2D eigenvalue weighted by molar-refractivity contribution is 14.1. The summed E-state index contributed by atoms with van der Waals surface area (Å²) < 4.78 is 1.04. The van der Waals surface area contributed by atoms with Gasteiger partial charge in [-0.05, 0) is 34.2 Å². The number of hydrogen-bond acceptors (Lipinski definition) is 1. The summed E-state index contributed by atoms with van der Waals surface area (Å²) in [5.74, 6) is -0.135. The molecule has 0 radical (unpaired) electrons. The van der Waals surface area contributed by atoms with Gasteiger partial charge in [0.15, 0.2) is 0 Å². The van der Waals surface area contributed by atoms with Crippen molar-refractivity contribution >= 4 is 34.1 Å². The molecule has 0 aromatic heterocycles. The van der Waals surface area contributed by atoms with Crippen LogP contribution in [-0.4, -0.2) is 13.0 Å².